The third-order valence-corrected chi connectivity index (χ3v) is 5.31. The second-order valence-electron chi connectivity index (χ2n) is 7.05. The zero-order valence-electron chi connectivity index (χ0n) is 16.1. The number of thioether (sulfide) groups is 1. The van der Waals surface area contributed by atoms with Crippen molar-refractivity contribution in [2.45, 2.75) is 63.9 Å². The summed E-state index contributed by atoms with van der Waals surface area (Å²) >= 11 is 1.48. The van der Waals surface area contributed by atoms with Crippen LogP contribution in [0.15, 0.2) is 38.7 Å². The Bertz CT molecular complexity index is 949. The minimum absolute atomic E-state index is 0.0143. The van der Waals surface area contributed by atoms with Crippen LogP contribution in [0.3, 0.4) is 0 Å². The quantitative estimate of drug-likeness (QED) is 0.399. The molecule has 0 aliphatic carbocycles. The minimum atomic E-state index is 0.0143. The molecule has 0 saturated heterocycles. The molecule has 1 aromatic carbocycles. The number of aryl methyl sites for hydroxylation is 1. The SMILES string of the molecule is CCCCc1nc(CSc2nc3ccccc3c(=O)n2CCC(C)C)no1. The molecule has 0 atom stereocenters. The van der Waals surface area contributed by atoms with E-state index in [9.17, 15) is 4.79 Å². The van der Waals surface area contributed by atoms with Crippen LogP contribution in [-0.2, 0) is 18.7 Å². The van der Waals surface area contributed by atoms with Crippen molar-refractivity contribution in [2.75, 3.05) is 0 Å². The number of nitrogens with zero attached hydrogens (tertiary/aromatic N) is 4. The van der Waals surface area contributed by atoms with Crippen LogP contribution in [0, 0.1) is 5.92 Å². The van der Waals surface area contributed by atoms with Gasteiger partial charge in [-0.25, -0.2) is 4.98 Å². The van der Waals surface area contributed by atoms with E-state index in [0.29, 0.717) is 40.5 Å². The number of hydrogen-bond acceptors (Lipinski definition) is 6. The van der Waals surface area contributed by atoms with E-state index in [1.807, 2.05) is 24.3 Å². The number of para-hydroxylation sites is 1. The van der Waals surface area contributed by atoms with Crippen molar-refractivity contribution >= 4 is 22.7 Å². The highest BCUT2D eigenvalue weighted by Crippen LogP contribution is 2.22. The molecule has 0 saturated carbocycles. The molecule has 0 aliphatic rings. The smallest absolute Gasteiger partial charge is 0.262 e. The number of rotatable bonds is 9. The van der Waals surface area contributed by atoms with Gasteiger partial charge in [0, 0.05) is 13.0 Å². The summed E-state index contributed by atoms with van der Waals surface area (Å²) in [5.41, 5.74) is 0.739. The van der Waals surface area contributed by atoms with Gasteiger partial charge < -0.3 is 4.52 Å². The Kier molecular flexibility index (Phi) is 6.66. The van der Waals surface area contributed by atoms with Gasteiger partial charge in [0.25, 0.3) is 5.56 Å². The van der Waals surface area contributed by atoms with Crippen molar-refractivity contribution < 1.29 is 4.52 Å². The van der Waals surface area contributed by atoms with Crippen LogP contribution in [0.1, 0.15) is 51.7 Å². The molecule has 0 fully saturated rings. The van der Waals surface area contributed by atoms with Gasteiger partial charge in [-0.15, -0.1) is 0 Å². The summed E-state index contributed by atoms with van der Waals surface area (Å²) in [6.45, 7) is 7.10. The summed E-state index contributed by atoms with van der Waals surface area (Å²) in [5.74, 6) is 2.36. The highest BCUT2D eigenvalue weighted by atomic mass is 32.2. The first-order valence-electron chi connectivity index (χ1n) is 9.52. The fraction of sp³-hybridized carbons (Fsp3) is 0.500. The van der Waals surface area contributed by atoms with E-state index in [-0.39, 0.29) is 5.56 Å². The average molecular weight is 387 g/mol. The summed E-state index contributed by atoms with van der Waals surface area (Å²) in [4.78, 5) is 22.1. The van der Waals surface area contributed by atoms with Gasteiger partial charge in [0.05, 0.1) is 16.7 Å². The van der Waals surface area contributed by atoms with Crippen LogP contribution in [0.5, 0.6) is 0 Å². The van der Waals surface area contributed by atoms with E-state index in [1.165, 1.54) is 11.8 Å². The van der Waals surface area contributed by atoms with E-state index in [0.717, 1.165) is 31.2 Å². The molecule has 0 amide bonds. The van der Waals surface area contributed by atoms with Gasteiger partial charge in [-0.1, -0.05) is 56.2 Å². The lowest BCUT2D eigenvalue weighted by Gasteiger charge is -2.13. The zero-order chi connectivity index (χ0) is 19.2. The van der Waals surface area contributed by atoms with E-state index in [2.05, 4.69) is 30.9 Å². The molecule has 0 bridgehead atoms. The number of fused-ring (bicyclic) bond motifs is 1. The lowest BCUT2D eigenvalue weighted by Crippen LogP contribution is -2.24. The van der Waals surface area contributed by atoms with Gasteiger partial charge in [0.1, 0.15) is 0 Å². The molecule has 0 N–H and O–H groups in total. The lowest BCUT2D eigenvalue weighted by molar-refractivity contribution is 0.371. The maximum absolute atomic E-state index is 13.0. The van der Waals surface area contributed by atoms with Crippen molar-refractivity contribution in [1.29, 1.82) is 0 Å². The van der Waals surface area contributed by atoms with E-state index < -0.39 is 0 Å². The molecule has 144 valence electrons. The largest absolute Gasteiger partial charge is 0.339 e. The fourth-order valence-electron chi connectivity index (χ4n) is 2.75. The van der Waals surface area contributed by atoms with Gasteiger partial charge in [0.15, 0.2) is 11.0 Å². The van der Waals surface area contributed by atoms with Gasteiger partial charge in [-0.05, 0) is 30.9 Å². The maximum Gasteiger partial charge on any atom is 0.262 e. The molecule has 0 unspecified atom stereocenters. The second kappa shape index (κ2) is 9.17. The van der Waals surface area contributed by atoms with Gasteiger partial charge in [-0.2, -0.15) is 4.98 Å². The molecule has 6 nitrogen and oxygen atoms in total. The molecule has 7 heteroatoms. The van der Waals surface area contributed by atoms with Gasteiger partial charge >= 0.3 is 0 Å². The van der Waals surface area contributed by atoms with Crippen LogP contribution in [0.4, 0.5) is 0 Å². The van der Waals surface area contributed by atoms with E-state index in [1.54, 1.807) is 4.57 Å². The highest BCUT2D eigenvalue weighted by molar-refractivity contribution is 7.98. The molecular weight excluding hydrogens is 360 g/mol. The summed E-state index contributed by atoms with van der Waals surface area (Å²) in [6, 6.07) is 7.50. The average Bonchev–Trinajstić information content (AvgIpc) is 3.12. The Morgan fingerprint density at radius 1 is 1.22 bits per heavy atom. The minimum Gasteiger partial charge on any atom is -0.339 e. The second-order valence-corrected chi connectivity index (χ2v) is 7.99. The summed E-state index contributed by atoms with van der Waals surface area (Å²) in [5, 5.41) is 5.42. The number of hydrogen-bond donors (Lipinski definition) is 0. The van der Waals surface area contributed by atoms with Crippen molar-refractivity contribution in [2.24, 2.45) is 5.92 Å². The lowest BCUT2D eigenvalue weighted by atomic mass is 10.1. The highest BCUT2D eigenvalue weighted by Gasteiger charge is 2.14. The summed E-state index contributed by atoms with van der Waals surface area (Å²) in [7, 11) is 0. The molecule has 0 radical (unpaired) electrons. The number of unbranched alkanes of at least 4 members (excludes halogenated alkanes) is 1. The third-order valence-electron chi connectivity index (χ3n) is 4.34. The Morgan fingerprint density at radius 3 is 2.81 bits per heavy atom. The Balaban J connectivity index is 1.84. The molecule has 3 aromatic rings. The first-order valence-corrected chi connectivity index (χ1v) is 10.5. The molecule has 0 aliphatic heterocycles. The summed E-state index contributed by atoms with van der Waals surface area (Å²) in [6.07, 6.45) is 3.86. The molecule has 2 heterocycles. The van der Waals surface area contributed by atoms with Crippen LogP contribution < -0.4 is 5.56 Å². The third kappa shape index (κ3) is 4.97. The van der Waals surface area contributed by atoms with E-state index in [4.69, 9.17) is 9.51 Å². The maximum atomic E-state index is 13.0. The van der Waals surface area contributed by atoms with Crippen LogP contribution in [-0.4, -0.2) is 19.7 Å². The Morgan fingerprint density at radius 2 is 2.04 bits per heavy atom. The Labute approximate surface area is 163 Å². The van der Waals surface area contributed by atoms with Crippen molar-refractivity contribution in [3.63, 3.8) is 0 Å². The monoisotopic (exact) mass is 386 g/mol. The van der Waals surface area contributed by atoms with Crippen molar-refractivity contribution in [3.05, 3.63) is 46.3 Å². The van der Waals surface area contributed by atoms with Crippen molar-refractivity contribution in [1.82, 2.24) is 19.7 Å². The first-order chi connectivity index (χ1) is 13.1. The van der Waals surface area contributed by atoms with Crippen molar-refractivity contribution in [3.8, 4) is 0 Å². The van der Waals surface area contributed by atoms with Crippen LogP contribution >= 0.6 is 11.8 Å². The molecular formula is C20H26N4O2S. The van der Waals surface area contributed by atoms with Gasteiger partial charge in [0.2, 0.25) is 5.89 Å². The van der Waals surface area contributed by atoms with E-state index >= 15 is 0 Å². The molecule has 0 spiro atoms. The molecule has 27 heavy (non-hydrogen) atoms. The predicted molar refractivity (Wildman–Crippen MR) is 108 cm³/mol. The number of aromatic nitrogens is 4. The standard InChI is InChI=1S/C20H26N4O2S/c1-4-5-10-18-22-17(23-26-18)13-27-20-21-16-9-7-6-8-15(16)19(25)24(20)12-11-14(2)3/h6-9,14H,4-5,10-13H2,1-3H3. The van der Waals surface area contributed by atoms with Crippen LogP contribution in [0.2, 0.25) is 0 Å². The summed E-state index contributed by atoms with van der Waals surface area (Å²) < 4.78 is 7.08. The molecule has 3 rings (SSSR count). The predicted octanol–water partition coefficient (Wildman–Crippen LogP) is 4.46. The van der Waals surface area contributed by atoms with Crippen LogP contribution in [0.25, 0.3) is 10.9 Å². The Hall–Kier alpha value is -2.15. The van der Waals surface area contributed by atoms with Gasteiger partial charge in [-0.3, -0.25) is 9.36 Å². The fourth-order valence-corrected chi connectivity index (χ4v) is 3.62. The normalized spacial score (nSPS) is 11.6. The first kappa shape index (κ1) is 19.6. The zero-order valence-corrected chi connectivity index (χ0v) is 17.0. The molecule has 2 aromatic heterocycles. The number of benzene rings is 1. The topological polar surface area (TPSA) is 73.8 Å².